The Morgan fingerprint density at radius 2 is 1.53 bits per heavy atom. The third-order valence-corrected chi connectivity index (χ3v) is 5.42. The number of hydrogen-bond acceptors (Lipinski definition) is 0. The molecule has 7 heteroatoms. The van der Waals surface area contributed by atoms with E-state index in [4.69, 9.17) is 0 Å². The van der Waals surface area contributed by atoms with Crippen LogP contribution < -0.4 is 0 Å². The van der Waals surface area contributed by atoms with Crippen molar-refractivity contribution in [3.63, 3.8) is 0 Å². The van der Waals surface area contributed by atoms with Gasteiger partial charge < -0.3 is 14.9 Å². The van der Waals surface area contributed by atoms with Crippen molar-refractivity contribution in [2.45, 2.75) is 33.9 Å². The third kappa shape index (κ3) is 9.22. The van der Waals surface area contributed by atoms with Crippen LogP contribution in [0.4, 0.5) is 13.2 Å². The summed E-state index contributed by atoms with van der Waals surface area (Å²) in [6.07, 6.45) is -0.948. The van der Waals surface area contributed by atoms with E-state index in [0.29, 0.717) is 11.5 Å². The first-order valence-electron chi connectivity index (χ1n) is 9.53. The first-order chi connectivity index (χ1) is 14.2. The van der Waals surface area contributed by atoms with Gasteiger partial charge in [0.15, 0.2) is 0 Å². The van der Waals surface area contributed by atoms with Crippen molar-refractivity contribution in [2.75, 3.05) is 0 Å². The zero-order valence-corrected chi connectivity index (χ0v) is 25.4. The van der Waals surface area contributed by atoms with Gasteiger partial charge in [0.2, 0.25) is 0 Å². The Morgan fingerprint density at radius 1 is 0.941 bits per heavy atom. The van der Waals surface area contributed by atoms with Crippen LogP contribution in [0, 0.1) is 26.8 Å². The van der Waals surface area contributed by atoms with Crippen LogP contribution in [0.2, 0.25) is 0 Å². The Kier molecular flexibility index (Phi) is 18.4. The monoisotopic (exact) mass is 600 g/mol. The van der Waals surface area contributed by atoms with Crippen LogP contribution in [-0.4, -0.2) is 6.88 Å². The Balaban J connectivity index is -0.000000555. The molecule has 0 N–H and O–H groups in total. The van der Waals surface area contributed by atoms with Crippen molar-refractivity contribution in [1.29, 1.82) is 0 Å². The van der Waals surface area contributed by atoms with Gasteiger partial charge in [0.05, 0.1) is 5.56 Å². The molecule has 0 heterocycles. The maximum atomic E-state index is 12.7. The second-order valence-corrected chi connectivity index (χ2v) is 7.21. The number of allylic oxidation sites excluding steroid dienone is 4. The molecule has 0 bridgehead atoms. The molecule has 3 aromatic rings. The molecule has 0 nitrogen and oxygen atoms in total. The summed E-state index contributed by atoms with van der Waals surface area (Å²) >= 11 is 1.36. The SMILES string of the molecule is CC1=[C-]C(C)C(C)=C1C.Cl.Cl.FC(F)(F)c1cccc(-c2c[cH-]c3ccccc23)c1.[CH3-].[CH3-].[Si]=[Zr]. The molecule has 34 heavy (non-hydrogen) atoms. The van der Waals surface area contributed by atoms with Gasteiger partial charge in [0.25, 0.3) is 0 Å². The summed E-state index contributed by atoms with van der Waals surface area (Å²) in [4.78, 5) is 0. The molecule has 0 spiro atoms. The molecule has 0 amide bonds. The molecule has 186 valence electrons. The molecule has 0 saturated heterocycles. The Morgan fingerprint density at radius 3 is 2.00 bits per heavy atom. The molecule has 0 aromatic heterocycles. The molecular weight excluding hydrogens is 572 g/mol. The fourth-order valence-corrected chi connectivity index (χ4v) is 3.43. The minimum absolute atomic E-state index is 0. The molecule has 1 unspecified atom stereocenters. The van der Waals surface area contributed by atoms with Crippen LogP contribution in [-0.2, 0) is 29.5 Å². The van der Waals surface area contributed by atoms with Crippen LogP contribution in [0.3, 0.4) is 0 Å². The topological polar surface area (TPSA) is 0 Å². The van der Waals surface area contributed by atoms with E-state index in [2.05, 4.69) is 40.7 Å². The molecule has 0 saturated carbocycles. The van der Waals surface area contributed by atoms with E-state index in [0.717, 1.165) is 22.4 Å². The van der Waals surface area contributed by atoms with Crippen LogP contribution >= 0.6 is 24.8 Å². The van der Waals surface area contributed by atoms with Crippen LogP contribution in [0.15, 0.2) is 77.4 Å². The Hall–Kier alpha value is -1.000. The number of benzene rings is 2. The standard InChI is InChI=1S/C16H10F3.C9H13.2CH3.2ClH.Si.Zr/c17-16(18,19)13-6-3-5-12(10-13)15-9-8-11-4-1-2-7-14(11)15;1-6-5-7(2)9(4)8(6)3;;;;;;/h1-10H;6H,1-4H3;2*1H3;2*1H;;/q4*-1;;;;. The molecule has 2 radical (unpaired) electrons. The van der Waals surface area contributed by atoms with Gasteiger partial charge in [-0.1, -0.05) is 62.6 Å². The summed E-state index contributed by atoms with van der Waals surface area (Å²) in [6.45, 7) is 11.7. The summed E-state index contributed by atoms with van der Waals surface area (Å²) in [5.41, 5.74) is 5.06. The van der Waals surface area contributed by atoms with Crippen molar-refractivity contribution in [3.8, 4) is 11.1 Å². The van der Waals surface area contributed by atoms with E-state index in [9.17, 15) is 13.2 Å². The summed E-state index contributed by atoms with van der Waals surface area (Å²) in [5, 5.41) is 2.01. The van der Waals surface area contributed by atoms with Gasteiger partial charge >= 0.3 is 36.4 Å². The summed E-state index contributed by atoms with van der Waals surface area (Å²) in [5.74, 6) is 0.560. The first-order valence-corrected chi connectivity index (χ1v) is 13.7. The van der Waals surface area contributed by atoms with E-state index >= 15 is 0 Å². The maximum absolute atomic E-state index is 12.7. The molecule has 4 rings (SSSR count). The second kappa shape index (κ2) is 16.6. The second-order valence-electron chi connectivity index (χ2n) is 7.21. The average Bonchev–Trinajstić information content (AvgIpc) is 3.26. The number of alkyl halides is 3. The van der Waals surface area contributed by atoms with Gasteiger partial charge in [-0.25, -0.2) is 5.57 Å². The normalized spacial score (nSPS) is 13.9. The zero-order chi connectivity index (χ0) is 22.5. The van der Waals surface area contributed by atoms with E-state index < -0.39 is 11.7 Å². The molecular formula is C27H31Cl2F3SiZr-4. The molecule has 1 aliphatic rings. The Labute approximate surface area is 232 Å². The average molecular weight is 603 g/mol. The zero-order valence-electron chi connectivity index (χ0n) is 20.3. The third-order valence-electron chi connectivity index (χ3n) is 5.42. The van der Waals surface area contributed by atoms with E-state index in [1.807, 2.05) is 36.4 Å². The molecule has 3 aromatic carbocycles. The van der Waals surface area contributed by atoms with Crippen molar-refractivity contribution in [3.05, 3.63) is 104 Å². The van der Waals surface area contributed by atoms with Crippen molar-refractivity contribution < 1.29 is 36.5 Å². The van der Waals surface area contributed by atoms with Crippen molar-refractivity contribution >= 4 is 42.5 Å². The number of fused-ring (bicyclic) bond motifs is 1. The van der Waals surface area contributed by atoms with Gasteiger partial charge in [-0.05, 0) is 0 Å². The van der Waals surface area contributed by atoms with Crippen molar-refractivity contribution in [1.82, 2.24) is 0 Å². The van der Waals surface area contributed by atoms with E-state index in [-0.39, 0.29) is 39.7 Å². The van der Waals surface area contributed by atoms with Crippen LogP contribution in [0.1, 0.15) is 33.3 Å². The van der Waals surface area contributed by atoms with Gasteiger partial charge in [-0.2, -0.15) is 24.3 Å². The number of hydrogen-bond donors (Lipinski definition) is 0. The van der Waals surface area contributed by atoms with Gasteiger partial charge in [0, 0.05) is 0 Å². The van der Waals surface area contributed by atoms with E-state index in [1.54, 1.807) is 6.07 Å². The van der Waals surface area contributed by atoms with Gasteiger partial charge in [0.1, 0.15) is 0 Å². The quantitative estimate of drug-likeness (QED) is 0.192. The van der Waals surface area contributed by atoms with Crippen molar-refractivity contribution in [2.24, 2.45) is 5.92 Å². The Bertz CT molecular complexity index is 1080. The number of rotatable bonds is 1. The molecule has 0 fully saturated rings. The van der Waals surface area contributed by atoms with E-state index in [1.165, 1.54) is 52.2 Å². The first kappa shape index (κ1) is 37.5. The predicted molar refractivity (Wildman–Crippen MR) is 143 cm³/mol. The van der Waals surface area contributed by atoms with Gasteiger partial charge in [-0.15, -0.1) is 78.4 Å². The minimum atomic E-state index is -4.31. The fraction of sp³-hybridized carbons (Fsp3) is 0.222. The molecule has 1 aliphatic carbocycles. The molecule has 1 atom stereocenters. The summed E-state index contributed by atoms with van der Waals surface area (Å²) < 4.78 is 38.2. The van der Waals surface area contributed by atoms with Gasteiger partial charge in [-0.3, -0.25) is 6.08 Å². The number of halogens is 5. The molecule has 0 aliphatic heterocycles. The van der Waals surface area contributed by atoms with Crippen LogP contribution in [0.5, 0.6) is 0 Å². The summed E-state index contributed by atoms with van der Waals surface area (Å²) in [6, 6.07) is 16.9. The predicted octanol–water partition coefficient (Wildman–Crippen LogP) is 9.33. The van der Waals surface area contributed by atoms with Crippen LogP contribution in [0.25, 0.3) is 21.9 Å². The summed E-state index contributed by atoms with van der Waals surface area (Å²) in [7, 11) is 0. The fourth-order valence-electron chi connectivity index (χ4n) is 3.43.